The summed E-state index contributed by atoms with van der Waals surface area (Å²) in [7, 11) is 0. The molecule has 1 N–H and O–H groups in total. The van der Waals surface area contributed by atoms with Gasteiger partial charge in [-0.05, 0) is 78.5 Å². The molecule has 0 aliphatic rings. The van der Waals surface area contributed by atoms with Gasteiger partial charge in [0.15, 0.2) is 12.3 Å². The summed E-state index contributed by atoms with van der Waals surface area (Å²) in [6.45, 7) is 9.95. The Kier molecular flexibility index (Phi) is 6.72. The van der Waals surface area contributed by atoms with Crippen molar-refractivity contribution in [2.45, 2.75) is 46.6 Å². The van der Waals surface area contributed by atoms with Gasteiger partial charge in [-0.1, -0.05) is 26.0 Å². The molecule has 0 saturated carbocycles. The monoisotopic (exact) mass is 409 g/mol. The number of nitrogens with one attached hydrogen (secondary N) is 1. The van der Waals surface area contributed by atoms with Crippen LogP contribution in [0.4, 0.5) is 5.82 Å². The van der Waals surface area contributed by atoms with Crippen molar-refractivity contribution in [1.29, 1.82) is 0 Å². The predicted molar refractivity (Wildman–Crippen MR) is 115 cm³/mol. The summed E-state index contributed by atoms with van der Waals surface area (Å²) in [4.78, 5) is 12.4. The highest BCUT2D eigenvalue weighted by molar-refractivity contribution is 5.94. The molecule has 0 spiro atoms. The minimum Gasteiger partial charge on any atom is -0.491 e. The Labute approximate surface area is 176 Å². The molecule has 30 heavy (non-hydrogen) atoms. The molecule has 1 amide bonds. The maximum atomic E-state index is 12.4. The van der Waals surface area contributed by atoms with Crippen molar-refractivity contribution in [3.63, 3.8) is 0 Å². The number of rotatable bonds is 8. The first-order valence-electron chi connectivity index (χ1n) is 9.96. The van der Waals surface area contributed by atoms with Gasteiger partial charge >= 0.3 is 0 Å². The number of benzene rings is 2. The van der Waals surface area contributed by atoms with Crippen LogP contribution >= 0.6 is 0 Å². The lowest BCUT2D eigenvalue weighted by Crippen LogP contribution is -2.21. The maximum Gasteiger partial charge on any atom is 0.263 e. The van der Waals surface area contributed by atoms with E-state index in [1.54, 1.807) is 0 Å². The van der Waals surface area contributed by atoms with Crippen LogP contribution in [-0.4, -0.2) is 28.9 Å². The topological polar surface area (TPSA) is 86.5 Å². The van der Waals surface area contributed by atoms with Crippen molar-refractivity contribution < 1.29 is 18.9 Å². The fourth-order valence-electron chi connectivity index (χ4n) is 2.98. The van der Waals surface area contributed by atoms with Crippen LogP contribution in [0.1, 0.15) is 44.7 Å². The lowest BCUT2D eigenvalue weighted by atomic mass is 10.0. The number of nitrogens with zero attached hydrogens (tertiary/aromatic N) is 2. The molecule has 7 heteroatoms. The van der Waals surface area contributed by atoms with Crippen molar-refractivity contribution >= 4 is 11.7 Å². The fraction of sp³-hybridized carbons (Fsp3) is 0.348. The van der Waals surface area contributed by atoms with E-state index in [1.807, 2.05) is 63.2 Å². The SMILES string of the molecule is Cc1ccc(C(C)C)c(OCC(=O)Nc2nonc2-c2ccc(OC(C)C)cc2)c1. The first-order chi connectivity index (χ1) is 14.3. The second-order valence-corrected chi connectivity index (χ2v) is 7.69. The lowest BCUT2D eigenvalue weighted by Gasteiger charge is -2.14. The molecule has 2 aromatic carbocycles. The van der Waals surface area contributed by atoms with E-state index in [2.05, 4.69) is 29.5 Å². The van der Waals surface area contributed by atoms with Gasteiger partial charge in [-0.3, -0.25) is 4.79 Å². The van der Waals surface area contributed by atoms with Gasteiger partial charge in [0.05, 0.1) is 6.10 Å². The highest BCUT2D eigenvalue weighted by Gasteiger charge is 2.17. The van der Waals surface area contributed by atoms with Crippen LogP contribution in [0.2, 0.25) is 0 Å². The van der Waals surface area contributed by atoms with Gasteiger partial charge in [0.2, 0.25) is 5.82 Å². The summed E-state index contributed by atoms with van der Waals surface area (Å²) in [5, 5.41) is 10.4. The average molecular weight is 409 g/mol. The average Bonchev–Trinajstić information content (AvgIpc) is 3.14. The standard InChI is InChI=1S/C23H27N3O4/c1-14(2)19-11-6-16(5)12-20(19)28-13-21(27)24-23-22(25-30-26-23)17-7-9-18(10-8-17)29-15(3)4/h6-12,14-15H,13H2,1-5H3,(H,24,26,27). The predicted octanol–water partition coefficient (Wildman–Crippen LogP) is 4.97. The van der Waals surface area contributed by atoms with Crippen molar-refractivity contribution in [3.8, 4) is 22.8 Å². The second kappa shape index (κ2) is 9.43. The third kappa shape index (κ3) is 5.37. The van der Waals surface area contributed by atoms with E-state index >= 15 is 0 Å². The maximum absolute atomic E-state index is 12.4. The van der Waals surface area contributed by atoms with Gasteiger partial charge in [-0.2, -0.15) is 0 Å². The van der Waals surface area contributed by atoms with E-state index < -0.39 is 0 Å². The molecule has 0 aliphatic carbocycles. The highest BCUT2D eigenvalue weighted by atomic mass is 16.6. The summed E-state index contributed by atoms with van der Waals surface area (Å²) < 4.78 is 16.3. The summed E-state index contributed by atoms with van der Waals surface area (Å²) in [6.07, 6.45) is 0.0871. The van der Waals surface area contributed by atoms with Crippen molar-refractivity contribution in [2.75, 3.05) is 11.9 Å². The number of amides is 1. The molecule has 3 aromatic rings. The number of hydrogen-bond acceptors (Lipinski definition) is 6. The lowest BCUT2D eigenvalue weighted by molar-refractivity contribution is -0.118. The molecule has 3 rings (SSSR count). The van der Waals surface area contributed by atoms with Crippen LogP contribution in [0, 0.1) is 6.92 Å². The molecule has 1 aromatic heterocycles. The number of aryl methyl sites for hydroxylation is 1. The molecule has 1 heterocycles. The van der Waals surface area contributed by atoms with Crippen LogP contribution in [0.3, 0.4) is 0 Å². The van der Waals surface area contributed by atoms with Crippen molar-refractivity contribution in [3.05, 3.63) is 53.6 Å². The molecular weight excluding hydrogens is 382 g/mol. The summed E-state index contributed by atoms with van der Waals surface area (Å²) in [6, 6.07) is 13.4. The zero-order valence-electron chi connectivity index (χ0n) is 17.9. The van der Waals surface area contributed by atoms with Gasteiger partial charge in [-0.15, -0.1) is 0 Å². The molecular formula is C23H27N3O4. The zero-order valence-corrected chi connectivity index (χ0v) is 17.9. The van der Waals surface area contributed by atoms with Crippen LogP contribution < -0.4 is 14.8 Å². The molecule has 0 atom stereocenters. The minimum absolute atomic E-state index is 0.0871. The Morgan fingerprint density at radius 3 is 2.47 bits per heavy atom. The van der Waals surface area contributed by atoms with Crippen molar-refractivity contribution in [2.24, 2.45) is 0 Å². The Bertz CT molecular complexity index is 994. The summed E-state index contributed by atoms with van der Waals surface area (Å²) >= 11 is 0. The molecule has 0 bridgehead atoms. The van der Waals surface area contributed by atoms with Gasteiger partial charge in [-0.25, -0.2) is 4.63 Å². The number of ether oxygens (including phenoxy) is 2. The van der Waals surface area contributed by atoms with E-state index in [4.69, 9.17) is 14.1 Å². The first-order valence-corrected chi connectivity index (χ1v) is 9.96. The van der Waals surface area contributed by atoms with E-state index in [0.29, 0.717) is 11.4 Å². The van der Waals surface area contributed by atoms with E-state index in [1.165, 1.54) is 0 Å². The molecule has 0 aliphatic heterocycles. The Hall–Kier alpha value is -3.35. The van der Waals surface area contributed by atoms with Gasteiger partial charge in [0, 0.05) is 5.56 Å². The summed E-state index contributed by atoms with van der Waals surface area (Å²) in [5.41, 5.74) is 3.32. The van der Waals surface area contributed by atoms with Crippen LogP contribution in [0.15, 0.2) is 47.1 Å². The molecule has 7 nitrogen and oxygen atoms in total. The Morgan fingerprint density at radius 1 is 1.07 bits per heavy atom. The minimum atomic E-state index is -0.345. The largest absolute Gasteiger partial charge is 0.491 e. The second-order valence-electron chi connectivity index (χ2n) is 7.69. The van der Waals surface area contributed by atoms with E-state index in [9.17, 15) is 4.79 Å². The fourth-order valence-corrected chi connectivity index (χ4v) is 2.98. The molecule has 0 fully saturated rings. The van der Waals surface area contributed by atoms with Gasteiger partial charge in [0.1, 0.15) is 11.5 Å². The molecule has 158 valence electrons. The van der Waals surface area contributed by atoms with E-state index in [0.717, 1.165) is 22.4 Å². The Balaban J connectivity index is 1.66. The summed E-state index contributed by atoms with van der Waals surface area (Å²) in [5.74, 6) is 1.65. The highest BCUT2D eigenvalue weighted by Crippen LogP contribution is 2.28. The van der Waals surface area contributed by atoms with Crippen LogP contribution in [0.5, 0.6) is 11.5 Å². The number of carbonyl (C=O) groups is 1. The van der Waals surface area contributed by atoms with Crippen LogP contribution in [-0.2, 0) is 4.79 Å². The smallest absolute Gasteiger partial charge is 0.263 e. The van der Waals surface area contributed by atoms with Crippen molar-refractivity contribution in [1.82, 2.24) is 10.3 Å². The zero-order chi connectivity index (χ0) is 21.7. The number of aromatic nitrogens is 2. The molecule has 0 unspecified atom stereocenters. The quantitative estimate of drug-likeness (QED) is 0.565. The number of carbonyl (C=O) groups excluding carboxylic acids is 1. The van der Waals surface area contributed by atoms with E-state index in [-0.39, 0.29) is 30.4 Å². The van der Waals surface area contributed by atoms with Crippen LogP contribution in [0.25, 0.3) is 11.3 Å². The first kappa shape index (κ1) is 21.4. The molecule has 0 saturated heterocycles. The normalized spacial score (nSPS) is 11.0. The van der Waals surface area contributed by atoms with Gasteiger partial charge in [0.25, 0.3) is 5.91 Å². The third-order valence-corrected chi connectivity index (χ3v) is 4.40. The van der Waals surface area contributed by atoms with Gasteiger partial charge < -0.3 is 14.8 Å². The Morgan fingerprint density at radius 2 is 1.80 bits per heavy atom. The number of hydrogen-bond donors (Lipinski definition) is 1. The number of anilines is 1. The third-order valence-electron chi connectivity index (χ3n) is 4.40. The molecule has 0 radical (unpaired) electrons.